The number of carbonyl (C=O) groups is 1. The molecular weight excluding hydrogens is 425 g/mol. The lowest BCUT2D eigenvalue weighted by Crippen LogP contribution is -2.30. The lowest BCUT2D eigenvalue weighted by Gasteiger charge is -2.20. The summed E-state index contributed by atoms with van der Waals surface area (Å²) in [5.74, 6) is -2.81. The third-order valence-electron chi connectivity index (χ3n) is 4.24. The number of carbonyl (C=O) groups excluding carboxylic acids is 1. The predicted molar refractivity (Wildman–Crippen MR) is 103 cm³/mol. The minimum atomic E-state index is -4.83. The fourth-order valence-electron chi connectivity index (χ4n) is 2.95. The van der Waals surface area contributed by atoms with Gasteiger partial charge < -0.3 is 29.7 Å². The molecule has 0 aliphatic carbocycles. The summed E-state index contributed by atoms with van der Waals surface area (Å²) in [5, 5.41) is 0.508. The van der Waals surface area contributed by atoms with Crippen LogP contribution in [0.2, 0.25) is 0 Å². The van der Waals surface area contributed by atoms with Crippen LogP contribution in [0.25, 0.3) is 11.2 Å². The van der Waals surface area contributed by atoms with Crippen molar-refractivity contribution >= 4 is 42.3 Å². The molecule has 12 nitrogen and oxygen atoms in total. The van der Waals surface area contributed by atoms with Gasteiger partial charge in [-0.05, 0) is 26.0 Å². The van der Waals surface area contributed by atoms with Crippen molar-refractivity contribution < 1.29 is 33.4 Å². The molecule has 0 aromatic carbocycles. The average Bonchev–Trinajstić information content (AvgIpc) is 3.27. The predicted octanol–water partition coefficient (Wildman–Crippen LogP) is 0.891. The number of nitrogen functional groups attached to an aromatic ring is 1. The summed E-state index contributed by atoms with van der Waals surface area (Å²) in [6.45, 7) is 1.34. The standard InChI is InChI=1S/C15H22N5O7PS/c1-3-25-13(21)14(28(22,23)24)26-6-8-4-5-9(27-8)20-7-17-10-11(16)18-15(29-2)19-12(10)20/h7-9,14H,3-6H2,1-2H3,(H2,16,18,19)(H2,22,23,24)/t8?,9-,14?/m1/s1. The number of imidazole rings is 1. The van der Waals surface area contributed by atoms with Crippen LogP contribution in [-0.4, -0.2) is 66.7 Å². The molecule has 3 heterocycles. The summed E-state index contributed by atoms with van der Waals surface area (Å²) in [6, 6.07) is 0. The fourth-order valence-corrected chi connectivity index (χ4v) is 3.94. The van der Waals surface area contributed by atoms with Crippen LogP contribution in [0.3, 0.4) is 0 Å². The van der Waals surface area contributed by atoms with E-state index < -0.39 is 31.7 Å². The number of rotatable bonds is 8. The van der Waals surface area contributed by atoms with Gasteiger partial charge in [0.1, 0.15) is 11.7 Å². The number of anilines is 1. The summed E-state index contributed by atoms with van der Waals surface area (Å²) >= 11 is 1.35. The van der Waals surface area contributed by atoms with Gasteiger partial charge in [0.25, 0.3) is 5.85 Å². The van der Waals surface area contributed by atoms with Crippen LogP contribution in [0.5, 0.6) is 0 Å². The molecule has 14 heteroatoms. The third kappa shape index (κ3) is 4.87. The number of fused-ring (bicyclic) bond motifs is 1. The second-order valence-corrected chi connectivity index (χ2v) is 8.66. The molecule has 0 amide bonds. The monoisotopic (exact) mass is 447 g/mol. The highest BCUT2D eigenvalue weighted by atomic mass is 32.2. The maximum Gasteiger partial charge on any atom is 0.365 e. The number of hydrogen-bond acceptors (Lipinski definition) is 10. The smallest absolute Gasteiger partial charge is 0.365 e. The second kappa shape index (κ2) is 8.94. The number of ether oxygens (including phenoxy) is 3. The summed E-state index contributed by atoms with van der Waals surface area (Å²) in [6.07, 6.45) is 3.66. The first-order valence-electron chi connectivity index (χ1n) is 8.77. The van der Waals surface area contributed by atoms with Crippen LogP contribution < -0.4 is 5.73 Å². The van der Waals surface area contributed by atoms with Crippen LogP contribution in [0.1, 0.15) is 26.0 Å². The Morgan fingerprint density at radius 1 is 1.48 bits per heavy atom. The van der Waals surface area contributed by atoms with Gasteiger partial charge in [-0.15, -0.1) is 0 Å². The van der Waals surface area contributed by atoms with Crippen LogP contribution in [0, 0.1) is 0 Å². The van der Waals surface area contributed by atoms with E-state index in [0.717, 1.165) is 0 Å². The molecule has 3 atom stereocenters. The van der Waals surface area contributed by atoms with Crippen molar-refractivity contribution in [3.8, 4) is 0 Å². The lowest BCUT2D eigenvalue weighted by atomic mass is 10.2. The Bertz CT molecular complexity index is 935. The highest BCUT2D eigenvalue weighted by Crippen LogP contribution is 2.43. The van der Waals surface area contributed by atoms with Crippen molar-refractivity contribution in [2.24, 2.45) is 0 Å². The van der Waals surface area contributed by atoms with E-state index in [0.29, 0.717) is 29.2 Å². The molecule has 1 saturated heterocycles. The van der Waals surface area contributed by atoms with Crippen LogP contribution in [0.15, 0.2) is 11.5 Å². The first-order chi connectivity index (χ1) is 13.7. The van der Waals surface area contributed by atoms with Gasteiger partial charge in [0.15, 0.2) is 16.6 Å². The molecule has 0 spiro atoms. The van der Waals surface area contributed by atoms with Crippen molar-refractivity contribution in [2.75, 3.05) is 25.2 Å². The van der Waals surface area contributed by atoms with Crippen molar-refractivity contribution in [2.45, 2.75) is 43.1 Å². The van der Waals surface area contributed by atoms with Gasteiger partial charge in [-0.25, -0.2) is 19.7 Å². The molecule has 160 valence electrons. The van der Waals surface area contributed by atoms with E-state index in [1.54, 1.807) is 10.9 Å². The van der Waals surface area contributed by atoms with Gasteiger partial charge in [-0.3, -0.25) is 9.13 Å². The molecule has 29 heavy (non-hydrogen) atoms. The van der Waals surface area contributed by atoms with E-state index in [1.807, 2.05) is 6.26 Å². The summed E-state index contributed by atoms with van der Waals surface area (Å²) < 4.78 is 29.0. The maximum atomic E-state index is 11.8. The van der Waals surface area contributed by atoms with E-state index in [9.17, 15) is 19.1 Å². The Morgan fingerprint density at radius 3 is 2.90 bits per heavy atom. The SMILES string of the molecule is CCOC(=O)C(OCC1CC[C@H](n2cnc3c(N)nc(SC)nc32)O1)P(=O)(O)O. The number of nitrogens with two attached hydrogens (primary N) is 1. The zero-order chi connectivity index (χ0) is 21.2. The van der Waals surface area contributed by atoms with Crippen molar-refractivity contribution in [1.29, 1.82) is 0 Å². The number of esters is 1. The van der Waals surface area contributed by atoms with Gasteiger partial charge >= 0.3 is 13.6 Å². The Morgan fingerprint density at radius 2 is 2.24 bits per heavy atom. The van der Waals surface area contributed by atoms with Crippen molar-refractivity contribution in [1.82, 2.24) is 19.5 Å². The molecule has 0 radical (unpaired) electrons. The largest absolute Gasteiger partial charge is 0.464 e. The topological polar surface area (TPSA) is 172 Å². The molecule has 2 aromatic heterocycles. The fraction of sp³-hybridized carbons (Fsp3) is 0.600. The molecule has 1 aliphatic heterocycles. The number of thioether (sulfide) groups is 1. The van der Waals surface area contributed by atoms with E-state index in [1.165, 1.54) is 18.7 Å². The molecule has 0 bridgehead atoms. The molecule has 2 aromatic rings. The minimum Gasteiger partial charge on any atom is -0.464 e. The quantitative estimate of drug-likeness (QED) is 0.226. The summed E-state index contributed by atoms with van der Waals surface area (Å²) in [5.41, 5.74) is 6.93. The second-order valence-electron chi connectivity index (χ2n) is 6.24. The number of hydrogen-bond donors (Lipinski definition) is 3. The summed E-state index contributed by atoms with van der Waals surface area (Å²) in [4.78, 5) is 43.3. The van der Waals surface area contributed by atoms with Gasteiger partial charge in [-0.2, -0.15) is 0 Å². The molecule has 1 aliphatic rings. The van der Waals surface area contributed by atoms with Crippen molar-refractivity contribution in [3.63, 3.8) is 0 Å². The Balaban J connectivity index is 1.69. The third-order valence-corrected chi connectivity index (χ3v) is 5.76. The Hall–Kier alpha value is -1.76. The highest BCUT2D eigenvalue weighted by Gasteiger charge is 2.39. The van der Waals surface area contributed by atoms with Crippen LogP contribution in [-0.2, 0) is 23.6 Å². The average molecular weight is 447 g/mol. The number of nitrogens with zero attached hydrogens (tertiary/aromatic N) is 4. The zero-order valence-corrected chi connectivity index (χ0v) is 17.5. The van der Waals surface area contributed by atoms with Gasteiger partial charge in [-0.1, -0.05) is 11.8 Å². The zero-order valence-electron chi connectivity index (χ0n) is 15.8. The van der Waals surface area contributed by atoms with Crippen LogP contribution >= 0.6 is 19.4 Å². The first kappa shape index (κ1) is 21.9. The minimum absolute atomic E-state index is 0.0164. The van der Waals surface area contributed by atoms with Gasteiger partial charge in [0.05, 0.1) is 25.6 Å². The molecule has 3 rings (SSSR count). The first-order valence-corrected chi connectivity index (χ1v) is 11.7. The van der Waals surface area contributed by atoms with Crippen molar-refractivity contribution in [3.05, 3.63) is 6.33 Å². The lowest BCUT2D eigenvalue weighted by molar-refractivity contribution is -0.154. The molecule has 0 saturated carbocycles. The van der Waals surface area contributed by atoms with Gasteiger partial charge in [0, 0.05) is 0 Å². The van der Waals surface area contributed by atoms with Gasteiger partial charge in [0.2, 0.25) is 0 Å². The maximum absolute atomic E-state index is 11.8. The highest BCUT2D eigenvalue weighted by molar-refractivity contribution is 7.98. The Kier molecular flexibility index (Phi) is 6.76. The van der Waals surface area contributed by atoms with E-state index in [4.69, 9.17) is 15.2 Å². The molecule has 1 fully saturated rings. The normalized spacial score (nSPS) is 20.8. The number of aromatic nitrogens is 4. The van der Waals surface area contributed by atoms with Crippen LogP contribution in [0.4, 0.5) is 5.82 Å². The van der Waals surface area contributed by atoms with E-state index >= 15 is 0 Å². The van der Waals surface area contributed by atoms with E-state index in [-0.39, 0.29) is 19.0 Å². The molecular formula is C15H22N5O7PS. The molecule has 2 unspecified atom stereocenters. The summed E-state index contributed by atoms with van der Waals surface area (Å²) in [7, 11) is -4.83. The molecule has 4 N–H and O–H groups in total. The Labute approximate surface area is 170 Å². The van der Waals surface area contributed by atoms with E-state index in [2.05, 4.69) is 19.7 Å².